The van der Waals surface area contributed by atoms with Gasteiger partial charge in [-0.2, -0.15) is 10.2 Å². The molecule has 4 rings (SSSR count). The number of nitriles is 1. The molecule has 0 saturated heterocycles. The molecule has 0 spiro atoms. The van der Waals surface area contributed by atoms with Crippen molar-refractivity contribution in [2.75, 3.05) is 10.0 Å². The Kier molecular flexibility index (Phi) is 5.83. The van der Waals surface area contributed by atoms with Gasteiger partial charge in [0.1, 0.15) is 11.6 Å². The number of benzene rings is 3. The van der Waals surface area contributed by atoms with Crippen LogP contribution in [0, 0.1) is 18.3 Å². The van der Waals surface area contributed by atoms with Gasteiger partial charge in [0, 0.05) is 11.3 Å². The number of nitrogens with one attached hydrogen (secondary N) is 2. The van der Waals surface area contributed by atoms with Crippen molar-refractivity contribution in [1.82, 2.24) is 9.97 Å². The molecular formula is C24H19N5O2S. The van der Waals surface area contributed by atoms with E-state index in [4.69, 9.17) is 0 Å². The lowest BCUT2D eigenvalue weighted by Gasteiger charge is -2.14. The number of sulfonamides is 1. The minimum atomic E-state index is -3.91. The highest BCUT2D eigenvalue weighted by Crippen LogP contribution is 2.30. The zero-order valence-corrected chi connectivity index (χ0v) is 18.0. The van der Waals surface area contributed by atoms with Gasteiger partial charge in [0.25, 0.3) is 10.0 Å². The predicted octanol–water partition coefficient (Wildman–Crippen LogP) is 4.87. The van der Waals surface area contributed by atoms with E-state index in [1.165, 1.54) is 12.1 Å². The van der Waals surface area contributed by atoms with E-state index < -0.39 is 10.0 Å². The van der Waals surface area contributed by atoms with Crippen LogP contribution >= 0.6 is 0 Å². The average Bonchev–Trinajstić information content (AvgIpc) is 2.80. The van der Waals surface area contributed by atoms with E-state index in [0.29, 0.717) is 16.9 Å². The maximum absolute atomic E-state index is 12.8. The number of hydrogen-bond donors (Lipinski definition) is 2. The van der Waals surface area contributed by atoms with Gasteiger partial charge in [0.2, 0.25) is 5.95 Å². The van der Waals surface area contributed by atoms with Crippen molar-refractivity contribution in [3.63, 3.8) is 0 Å². The van der Waals surface area contributed by atoms with Gasteiger partial charge in [0.05, 0.1) is 10.6 Å². The van der Waals surface area contributed by atoms with Gasteiger partial charge in [-0.15, -0.1) is 0 Å². The molecule has 0 amide bonds. The average molecular weight is 442 g/mol. The van der Waals surface area contributed by atoms with Crippen molar-refractivity contribution >= 4 is 27.5 Å². The Hall–Kier alpha value is -4.22. The lowest BCUT2D eigenvalue weighted by molar-refractivity contribution is 0.601. The standard InChI is InChI=1S/C24H19N5O2S/c1-17-12-14-18(15-13-17)22-21(16-25)23(26-19-8-4-2-5-9-19)28-24(27-22)29-32(30,31)20-10-6-3-7-11-20/h2-15H,1H3,(H2,26,27,28,29). The maximum Gasteiger partial charge on any atom is 0.264 e. The molecule has 0 aliphatic carbocycles. The van der Waals surface area contributed by atoms with Crippen LogP contribution in [-0.4, -0.2) is 18.4 Å². The van der Waals surface area contributed by atoms with Crippen molar-refractivity contribution in [3.8, 4) is 17.3 Å². The molecule has 1 aromatic heterocycles. The minimum absolute atomic E-state index is 0.0856. The number of aryl methyl sites for hydroxylation is 1. The molecule has 7 nitrogen and oxygen atoms in total. The molecule has 0 aliphatic rings. The van der Waals surface area contributed by atoms with E-state index in [0.717, 1.165) is 5.56 Å². The Morgan fingerprint density at radius 3 is 2.09 bits per heavy atom. The number of hydrogen-bond acceptors (Lipinski definition) is 6. The van der Waals surface area contributed by atoms with E-state index in [9.17, 15) is 13.7 Å². The van der Waals surface area contributed by atoms with E-state index in [1.54, 1.807) is 18.2 Å². The van der Waals surface area contributed by atoms with Crippen molar-refractivity contribution in [1.29, 1.82) is 5.26 Å². The Morgan fingerprint density at radius 2 is 1.47 bits per heavy atom. The van der Waals surface area contributed by atoms with Gasteiger partial charge in [0.15, 0.2) is 5.82 Å². The van der Waals surface area contributed by atoms with Crippen molar-refractivity contribution in [3.05, 3.63) is 96.1 Å². The zero-order valence-electron chi connectivity index (χ0n) is 17.1. The molecule has 32 heavy (non-hydrogen) atoms. The molecule has 2 N–H and O–H groups in total. The third kappa shape index (κ3) is 4.58. The summed E-state index contributed by atoms with van der Waals surface area (Å²) in [5, 5.41) is 13.0. The number of para-hydroxylation sites is 1. The molecule has 8 heteroatoms. The Labute approximate surface area is 186 Å². The van der Waals surface area contributed by atoms with Gasteiger partial charge < -0.3 is 5.32 Å². The summed E-state index contributed by atoms with van der Waals surface area (Å²) in [5.41, 5.74) is 2.96. The van der Waals surface area contributed by atoms with E-state index in [1.807, 2.05) is 61.5 Å². The molecule has 0 fully saturated rings. The first-order chi connectivity index (χ1) is 15.5. The van der Waals surface area contributed by atoms with Crippen LogP contribution in [0.1, 0.15) is 11.1 Å². The monoisotopic (exact) mass is 441 g/mol. The van der Waals surface area contributed by atoms with Gasteiger partial charge in [-0.05, 0) is 31.2 Å². The van der Waals surface area contributed by atoms with Crippen LogP contribution in [-0.2, 0) is 10.0 Å². The van der Waals surface area contributed by atoms with Gasteiger partial charge in [-0.3, -0.25) is 0 Å². The topological polar surface area (TPSA) is 108 Å². The maximum atomic E-state index is 12.8. The molecule has 0 unspecified atom stereocenters. The molecule has 0 atom stereocenters. The summed E-state index contributed by atoms with van der Waals surface area (Å²) in [6.07, 6.45) is 0. The molecule has 3 aromatic carbocycles. The molecule has 4 aromatic rings. The van der Waals surface area contributed by atoms with E-state index in [2.05, 4.69) is 26.1 Å². The summed E-state index contributed by atoms with van der Waals surface area (Å²) in [4.78, 5) is 8.80. The molecular weight excluding hydrogens is 422 g/mol. The minimum Gasteiger partial charge on any atom is -0.339 e. The Morgan fingerprint density at radius 1 is 0.844 bits per heavy atom. The van der Waals surface area contributed by atoms with Crippen LogP contribution in [0.4, 0.5) is 17.5 Å². The first-order valence-electron chi connectivity index (χ1n) is 9.75. The predicted molar refractivity (Wildman–Crippen MR) is 124 cm³/mol. The molecule has 0 aliphatic heterocycles. The fourth-order valence-electron chi connectivity index (χ4n) is 3.06. The van der Waals surface area contributed by atoms with Gasteiger partial charge >= 0.3 is 0 Å². The molecule has 1 heterocycles. The molecule has 0 saturated carbocycles. The van der Waals surface area contributed by atoms with Crippen molar-refractivity contribution in [2.24, 2.45) is 0 Å². The van der Waals surface area contributed by atoms with Crippen LogP contribution < -0.4 is 10.0 Å². The van der Waals surface area contributed by atoms with E-state index >= 15 is 0 Å². The number of anilines is 3. The number of nitrogens with zero attached hydrogens (tertiary/aromatic N) is 3. The lowest BCUT2D eigenvalue weighted by atomic mass is 10.1. The second-order valence-corrected chi connectivity index (χ2v) is 8.69. The highest BCUT2D eigenvalue weighted by Gasteiger charge is 2.20. The first-order valence-corrected chi connectivity index (χ1v) is 11.2. The third-order valence-corrected chi connectivity index (χ3v) is 6.01. The van der Waals surface area contributed by atoms with Crippen LogP contribution in [0.3, 0.4) is 0 Å². The van der Waals surface area contributed by atoms with Crippen molar-refractivity contribution < 1.29 is 8.42 Å². The van der Waals surface area contributed by atoms with Crippen molar-refractivity contribution in [2.45, 2.75) is 11.8 Å². The van der Waals surface area contributed by atoms with Gasteiger partial charge in [-0.1, -0.05) is 66.2 Å². The highest BCUT2D eigenvalue weighted by atomic mass is 32.2. The summed E-state index contributed by atoms with van der Waals surface area (Å²) in [7, 11) is -3.91. The summed E-state index contributed by atoms with van der Waals surface area (Å²) < 4.78 is 28.1. The molecule has 158 valence electrons. The fourth-order valence-corrected chi connectivity index (χ4v) is 4.02. The smallest absolute Gasteiger partial charge is 0.264 e. The summed E-state index contributed by atoms with van der Waals surface area (Å²) in [6, 6.07) is 26.8. The second kappa shape index (κ2) is 8.88. The number of aromatic nitrogens is 2. The van der Waals surface area contributed by atoms with Crippen LogP contribution in [0.5, 0.6) is 0 Å². The van der Waals surface area contributed by atoms with Crippen LogP contribution in [0.15, 0.2) is 89.8 Å². The van der Waals surface area contributed by atoms with Gasteiger partial charge in [-0.25, -0.2) is 18.1 Å². The lowest BCUT2D eigenvalue weighted by Crippen LogP contribution is -2.16. The molecule has 0 bridgehead atoms. The Balaban J connectivity index is 1.84. The summed E-state index contributed by atoms with van der Waals surface area (Å²) in [5.74, 6) is 0.0666. The largest absolute Gasteiger partial charge is 0.339 e. The second-order valence-electron chi connectivity index (χ2n) is 7.01. The number of rotatable bonds is 6. The summed E-state index contributed by atoms with van der Waals surface area (Å²) in [6.45, 7) is 1.96. The zero-order chi connectivity index (χ0) is 22.6. The molecule has 0 radical (unpaired) electrons. The van der Waals surface area contributed by atoms with Crippen LogP contribution in [0.2, 0.25) is 0 Å². The van der Waals surface area contributed by atoms with E-state index in [-0.39, 0.29) is 22.2 Å². The summed E-state index contributed by atoms with van der Waals surface area (Å²) >= 11 is 0. The quantitative estimate of drug-likeness (QED) is 0.442. The fraction of sp³-hybridized carbons (Fsp3) is 0.0417. The highest BCUT2D eigenvalue weighted by molar-refractivity contribution is 7.92. The Bertz CT molecular complexity index is 1380. The SMILES string of the molecule is Cc1ccc(-c2nc(NS(=O)(=O)c3ccccc3)nc(Nc3ccccc3)c2C#N)cc1. The normalized spacial score (nSPS) is 10.9. The third-order valence-electron chi connectivity index (χ3n) is 4.66. The van der Waals surface area contributed by atoms with Crippen LogP contribution in [0.25, 0.3) is 11.3 Å². The first kappa shape index (κ1) is 21.0.